The number of benzene rings is 1. The van der Waals surface area contributed by atoms with Gasteiger partial charge in [0, 0.05) is 0 Å². The van der Waals surface area contributed by atoms with Gasteiger partial charge in [0.2, 0.25) is 0 Å². The molecule has 0 radical (unpaired) electrons. The summed E-state index contributed by atoms with van der Waals surface area (Å²) in [6, 6.07) is 3.22. The Kier molecular flexibility index (Phi) is 2.92. The molecule has 0 saturated carbocycles. The molecule has 0 aliphatic rings. The Hall–Kier alpha value is -0.770. The number of hydrogen-bond donors (Lipinski definition) is 2. The van der Waals surface area contributed by atoms with Gasteiger partial charge in [-0.25, -0.2) is 5.90 Å². The number of phenols is 1. The van der Waals surface area contributed by atoms with Crippen molar-refractivity contribution in [2.45, 2.75) is 13.5 Å². The maximum Gasteiger partial charge on any atom is 0.134 e. The smallest absolute Gasteiger partial charge is 0.134 e. The number of phenolic OH excluding ortho intramolecular Hbond substituents is 1. The minimum atomic E-state index is 0.0786. The fraction of sp³-hybridized carbons (Fsp3) is 0.250. The predicted octanol–water partition coefficient (Wildman–Crippen LogP) is 1.74. The van der Waals surface area contributed by atoms with Crippen molar-refractivity contribution in [2.75, 3.05) is 0 Å². The third-order valence-corrected chi connectivity index (χ3v) is 1.95. The summed E-state index contributed by atoms with van der Waals surface area (Å²) >= 11 is 5.68. The van der Waals surface area contributed by atoms with Crippen LogP contribution in [0.5, 0.6) is 5.75 Å². The maximum absolute atomic E-state index is 9.19. The monoisotopic (exact) mass is 187 g/mol. The molecule has 0 atom stereocenters. The third-order valence-electron chi connectivity index (χ3n) is 1.64. The van der Waals surface area contributed by atoms with Crippen molar-refractivity contribution in [1.29, 1.82) is 0 Å². The molecule has 1 aromatic rings. The highest BCUT2D eigenvalue weighted by atomic mass is 35.5. The van der Waals surface area contributed by atoms with Gasteiger partial charge in [-0.15, -0.1) is 0 Å². The van der Waals surface area contributed by atoms with Crippen molar-refractivity contribution in [3.05, 3.63) is 28.3 Å². The summed E-state index contributed by atoms with van der Waals surface area (Å²) in [5.74, 6) is 4.99. The van der Waals surface area contributed by atoms with E-state index in [0.29, 0.717) is 11.6 Å². The second-order valence-corrected chi connectivity index (χ2v) is 2.95. The zero-order valence-corrected chi connectivity index (χ0v) is 7.43. The van der Waals surface area contributed by atoms with Gasteiger partial charge in [0.15, 0.2) is 0 Å². The maximum atomic E-state index is 9.19. The van der Waals surface area contributed by atoms with Crippen molar-refractivity contribution in [3.63, 3.8) is 0 Å². The fourth-order valence-corrected chi connectivity index (χ4v) is 1.14. The zero-order valence-electron chi connectivity index (χ0n) is 6.67. The molecule has 0 bridgehead atoms. The number of rotatable bonds is 2. The van der Waals surface area contributed by atoms with Gasteiger partial charge in [0.25, 0.3) is 0 Å². The summed E-state index contributed by atoms with van der Waals surface area (Å²) in [4.78, 5) is 4.46. The first-order valence-corrected chi connectivity index (χ1v) is 3.82. The number of halogens is 1. The van der Waals surface area contributed by atoms with Crippen LogP contribution in [-0.2, 0) is 11.4 Å². The van der Waals surface area contributed by atoms with E-state index in [2.05, 4.69) is 4.84 Å². The van der Waals surface area contributed by atoms with Crippen molar-refractivity contribution < 1.29 is 9.94 Å². The van der Waals surface area contributed by atoms with Crippen molar-refractivity contribution in [2.24, 2.45) is 5.90 Å². The molecule has 0 heterocycles. The Bertz CT molecular complexity index is 289. The summed E-state index contributed by atoms with van der Waals surface area (Å²) in [5, 5.41) is 9.50. The lowest BCUT2D eigenvalue weighted by Gasteiger charge is -2.05. The average Bonchev–Trinajstić information content (AvgIpc) is 2.01. The summed E-state index contributed by atoms with van der Waals surface area (Å²) in [5.41, 5.74) is 1.78. The molecule has 1 aromatic carbocycles. The quantitative estimate of drug-likeness (QED) is 0.694. The average molecular weight is 188 g/mol. The number of nitrogens with two attached hydrogens (primary N) is 1. The van der Waals surface area contributed by atoms with Gasteiger partial charge in [-0.05, 0) is 30.2 Å². The number of aryl methyl sites for hydroxylation is 1. The molecule has 12 heavy (non-hydrogen) atoms. The van der Waals surface area contributed by atoms with Crippen molar-refractivity contribution in [3.8, 4) is 5.75 Å². The largest absolute Gasteiger partial charge is 0.506 e. The van der Waals surface area contributed by atoms with E-state index in [1.54, 1.807) is 12.1 Å². The van der Waals surface area contributed by atoms with Crippen molar-refractivity contribution in [1.82, 2.24) is 0 Å². The van der Waals surface area contributed by atoms with Gasteiger partial charge in [0.1, 0.15) is 5.75 Å². The molecule has 0 aliphatic heterocycles. The lowest BCUT2D eigenvalue weighted by atomic mass is 10.1. The number of hydrogen-bond acceptors (Lipinski definition) is 3. The van der Waals surface area contributed by atoms with Gasteiger partial charge in [-0.3, -0.25) is 4.84 Å². The van der Waals surface area contributed by atoms with E-state index in [9.17, 15) is 5.11 Å². The molecular weight excluding hydrogens is 178 g/mol. The van der Waals surface area contributed by atoms with Gasteiger partial charge in [-0.1, -0.05) is 11.6 Å². The SMILES string of the molecule is Cc1cc(O)c(Cl)cc1CON. The van der Waals surface area contributed by atoms with Crippen LogP contribution >= 0.6 is 11.6 Å². The molecule has 0 aromatic heterocycles. The van der Waals surface area contributed by atoms with Gasteiger partial charge < -0.3 is 5.11 Å². The minimum absolute atomic E-state index is 0.0786. The highest BCUT2D eigenvalue weighted by Crippen LogP contribution is 2.26. The molecule has 0 saturated heterocycles. The van der Waals surface area contributed by atoms with Gasteiger partial charge in [-0.2, -0.15) is 0 Å². The van der Waals surface area contributed by atoms with Crippen LogP contribution in [0.2, 0.25) is 5.02 Å². The van der Waals surface area contributed by atoms with Crippen LogP contribution in [0.4, 0.5) is 0 Å². The van der Waals surface area contributed by atoms with Gasteiger partial charge in [0.05, 0.1) is 11.6 Å². The fourth-order valence-electron chi connectivity index (χ4n) is 0.953. The Balaban J connectivity index is 3.05. The second-order valence-electron chi connectivity index (χ2n) is 2.54. The Labute approximate surface area is 75.7 Å². The molecule has 4 heteroatoms. The normalized spacial score (nSPS) is 10.2. The first kappa shape index (κ1) is 9.32. The zero-order chi connectivity index (χ0) is 9.14. The molecular formula is C8H10ClNO2. The van der Waals surface area contributed by atoms with E-state index in [4.69, 9.17) is 17.5 Å². The van der Waals surface area contributed by atoms with Crippen LogP contribution in [0.1, 0.15) is 11.1 Å². The van der Waals surface area contributed by atoms with Crippen LogP contribution in [0, 0.1) is 6.92 Å². The molecule has 66 valence electrons. The third kappa shape index (κ3) is 1.88. The highest BCUT2D eigenvalue weighted by molar-refractivity contribution is 6.32. The summed E-state index contributed by atoms with van der Waals surface area (Å²) < 4.78 is 0. The van der Waals surface area contributed by atoms with Crippen LogP contribution < -0.4 is 5.90 Å². The molecule has 0 spiro atoms. The lowest BCUT2D eigenvalue weighted by Crippen LogP contribution is -2.00. The molecule has 1 rings (SSSR count). The van der Waals surface area contributed by atoms with E-state index < -0.39 is 0 Å². The van der Waals surface area contributed by atoms with Crippen LogP contribution in [0.15, 0.2) is 12.1 Å². The lowest BCUT2D eigenvalue weighted by molar-refractivity contribution is 0.123. The van der Waals surface area contributed by atoms with Gasteiger partial charge >= 0.3 is 0 Å². The van der Waals surface area contributed by atoms with Crippen LogP contribution in [0.25, 0.3) is 0 Å². The van der Waals surface area contributed by atoms with E-state index in [0.717, 1.165) is 11.1 Å². The first-order chi connectivity index (χ1) is 5.65. The highest BCUT2D eigenvalue weighted by Gasteiger charge is 2.03. The summed E-state index contributed by atoms with van der Waals surface area (Å²) in [6.45, 7) is 2.15. The van der Waals surface area contributed by atoms with E-state index in [1.807, 2.05) is 6.92 Å². The topological polar surface area (TPSA) is 55.5 Å². The Morgan fingerprint density at radius 1 is 1.58 bits per heavy atom. The number of aromatic hydroxyl groups is 1. The van der Waals surface area contributed by atoms with E-state index in [1.165, 1.54) is 0 Å². The molecule has 0 unspecified atom stereocenters. The van der Waals surface area contributed by atoms with E-state index in [-0.39, 0.29) is 5.75 Å². The molecule has 3 nitrogen and oxygen atoms in total. The Morgan fingerprint density at radius 3 is 2.83 bits per heavy atom. The Morgan fingerprint density at radius 2 is 2.25 bits per heavy atom. The minimum Gasteiger partial charge on any atom is -0.506 e. The molecule has 0 aliphatic carbocycles. The molecule has 0 amide bonds. The molecule has 0 fully saturated rings. The van der Waals surface area contributed by atoms with Crippen LogP contribution in [-0.4, -0.2) is 5.11 Å². The standard InChI is InChI=1S/C8H10ClNO2/c1-5-2-8(11)7(9)3-6(5)4-12-10/h2-3,11H,4,10H2,1H3. The van der Waals surface area contributed by atoms with Crippen LogP contribution in [0.3, 0.4) is 0 Å². The summed E-state index contributed by atoms with van der Waals surface area (Å²) in [6.07, 6.45) is 0. The first-order valence-electron chi connectivity index (χ1n) is 3.45. The summed E-state index contributed by atoms with van der Waals surface area (Å²) in [7, 11) is 0. The van der Waals surface area contributed by atoms with Crippen molar-refractivity contribution >= 4 is 11.6 Å². The molecule has 3 N–H and O–H groups in total. The van der Waals surface area contributed by atoms with E-state index >= 15 is 0 Å². The second kappa shape index (κ2) is 3.76. The predicted molar refractivity (Wildman–Crippen MR) is 46.8 cm³/mol.